The van der Waals surface area contributed by atoms with Crippen LogP contribution in [-0.2, 0) is 6.61 Å². The van der Waals surface area contributed by atoms with Gasteiger partial charge in [-0.15, -0.1) is 0 Å². The lowest BCUT2D eigenvalue weighted by Crippen LogP contribution is -2.00. The highest BCUT2D eigenvalue weighted by atomic mass is 35.5. The number of halogens is 1. The Labute approximate surface area is 73.4 Å². The van der Waals surface area contributed by atoms with Gasteiger partial charge in [0.15, 0.2) is 0 Å². The highest BCUT2D eigenvalue weighted by molar-refractivity contribution is 6.29. The van der Waals surface area contributed by atoms with Gasteiger partial charge >= 0.3 is 5.97 Å². The van der Waals surface area contributed by atoms with E-state index >= 15 is 0 Å². The Morgan fingerprint density at radius 3 is 2.75 bits per heavy atom. The summed E-state index contributed by atoms with van der Waals surface area (Å²) in [7, 11) is 0. The minimum Gasteiger partial charge on any atom is -0.478 e. The Morgan fingerprint density at radius 2 is 2.25 bits per heavy atom. The van der Waals surface area contributed by atoms with Crippen molar-refractivity contribution in [1.82, 2.24) is 4.98 Å². The molecule has 1 heterocycles. The molecule has 0 radical (unpaired) electrons. The molecule has 4 nitrogen and oxygen atoms in total. The molecule has 0 bridgehead atoms. The molecule has 2 N–H and O–H groups in total. The first kappa shape index (κ1) is 8.96. The van der Waals surface area contributed by atoms with Crippen LogP contribution in [0.4, 0.5) is 0 Å². The van der Waals surface area contributed by atoms with Crippen molar-refractivity contribution in [2.45, 2.75) is 6.61 Å². The van der Waals surface area contributed by atoms with Crippen molar-refractivity contribution >= 4 is 17.6 Å². The summed E-state index contributed by atoms with van der Waals surface area (Å²) in [6, 6.07) is 2.50. The standard InChI is InChI=1S/C7H6ClNO3/c8-6-2-4(7(11)12)1-5(3-10)9-6/h1-2,10H,3H2,(H,11,12). The van der Waals surface area contributed by atoms with E-state index in [1.54, 1.807) is 0 Å². The van der Waals surface area contributed by atoms with Gasteiger partial charge in [0, 0.05) is 0 Å². The van der Waals surface area contributed by atoms with E-state index in [4.69, 9.17) is 21.8 Å². The molecule has 0 unspecified atom stereocenters. The van der Waals surface area contributed by atoms with E-state index < -0.39 is 5.97 Å². The molecule has 1 aromatic heterocycles. The Kier molecular flexibility index (Phi) is 2.62. The monoisotopic (exact) mass is 187 g/mol. The SMILES string of the molecule is O=C(O)c1cc(Cl)nc(CO)c1. The molecule has 0 spiro atoms. The number of nitrogens with zero attached hydrogens (tertiary/aromatic N) is 1. The molecule has 0 fully saturated rings. The van der Waals surface area contributed by atoms with Crippen molar-refractivity contribution in [2.24, 2.45) is 0 Å². The Hall–Kier alpha value is -1.13. The van der Waals surface area contributed by atoms with Gasteiger partial charge in [-0.1, -0.05) is 11.6 Å². The van der Waals surface area contributed by atoms with E-state index in [0.717, 1.165) is 0 Å². The summed E-state index contributed by atoms with van der Waals surface area (Å²) in [4.78, 5) is 14.1. The van der Waals surface area contributed by atoms with Gasteiger partial charge in [0.25, 0.3) is 0 Å². The predicted molar refractivity (Wildman–Crippen MR) is 42.1 cm³/mol. The van der Waals surface area contributed by atoms with Gasteiger partial charge in [-0.25, -0.2) is 9.78 Å². The van der Waals surface area contributed by atoms with Gasteiger partial charge in [-0.3, -0.25) is 0 Å². The maximum absolute atomic E-state index is 10.5. The fourth-order valence-electron chi connectivity index (χ4n) is 0.756. The molecule has 0 aliphatic rings. The third-order valence-corrected chi connectivity index (χ3v) is 1.45. The average molecular weight is 188 g/mol. The second-order valence-electron chi connectivity index (χ2n) is 2.13. The molecule has 0 saturated heterocycles. The van der Waals surface area contributed by atoms with Crippen LogP contribution in [0.1, 0.15) is 16.1 Å². The molecule has 0 aliphatic carbocycles. The van der Waals surface area contributed by atoms with Crippen LogP contribution in [0.25, 0.3) is 0 Å². The third kappa shape index (κ3) is 1.93. The number of aliphatic hydroxyl groups excluding tert-OH is 1. The number of aliphatic hydroxyl groups is 1. The maximum atomic E-state index is 10.5. The van der Waals surface area contributed by atoms with Gasteiger partial charge < -0.3 is 10.2 Å². The zero-order chi connectivity index (χ0) is 9.14. The van der Waals surface area contributed by atoms with E-state index in [9.17, 15) is 4.79 Å². The second-order valence-corrected chi connectivity index (χ2v) is 2.52. The summed E-state index contributed by atoms with van der Waals surface area (Å²) < 4.78 is 0. The summed E-state index contributed by atoms with van der Waals surface area (Å²) in [5, 5.41) is 17.3. The lowest BCUT2D eigenvalue weighted by molar-refractivity contribution is 0.0696. The van der Waals surface area contributed by atoms with Crippen LogP contribution < -0.4 is 0 Å². The van der Waals surface area contributed by atoms with Crippen molar-refractivity contribution in [1.29, 1.82) is 0 Å². The number of rotatable bonds is 2. The van der Waals surface area contributed by atoms with E-state index in [2.05, 4.69) is 4.98 Å². The lowest BCUT2D eigenvalue weighted by Gasteiger charge is -1.98. The number of aromatic nitrogens is 1. The molecular formula is C7H6ClNO3. The van der Waals surface area contributed by atoms with Crippen molar-refractivity contribution in [3.8, 4) is 0 Å². The van der Waals surface area contributed by atoms with E-state index in [1.165, 1.54) is 12.1 Å². The average Bonchev–Trinajstić information content (AvgIpc) is 2.03. The molecule has 1 aromatic rings. The van der Waals surface area contributed by atoms with Crippen LogP contribution in [0.5, 0.6) is 0 Å². The fourth-order valence-corrected chi connectivity index (χ4v) is 0.982. The topological polar surface area (TPSA) is 70.4 Å². The van der Waals surface area contributed by atoms with Gasteiger partial charge in [-0.05, 0) is 12.1 Å². The van der Waals surface area contributed by atoms with Gasteiger partial charge in [0.1, 0.15) is 5.15 Å². The highest BCUT2D eigenvalue weighted by Gasteiger charge is 2.06. The minimum atomic E-state index is -1.09. The van der Waals surface area contributed by atoms with Crippen molar-refractivity contribution in [2.75, 3.05) is 0 Å². The summed E-state index contributed by atoms with van der Waals surface area (Å²) in [6.45, 7) is -0.319. The van der Waals surface area contributed by atoms with Crippen molar-refractivity contribution in [3.63, 3.8) is 0 Å². The first-order chi connectivity index (χ1) is 5.63. The van der Waals surface area contributed by atoms with Crippen LogP contribution in [0, 0.1) is 0 Å². The molecule has 0 aromatic carbocycles. The summed E-state index contributed by atoms with van der Waals surface area (Å²) in [5.41, 5.74) is 0.277. The summed E-state index contributed by atoms with van der Waals surface area (Å²) in [5.74, 6) is -1.09. The van der Waals surface area contributed by atoms with Crippen LogP contribution in [0.2, 0.25) is 5.15 Å². The Bertz CT molecular complexity index is 314. The second kappa shape index (κ2) is 3.51. The van der Waals surface area contributed by atoms with Crippen molar-refractivity contribution in [3.05, 3.63) is 28.5 Å². The van der Waals surface area contributed by atoms with E-state index in [1.807, 2.05) is 0 Å². The summed E-state index contributed by atoms with van der Waals surface area (Å²) >= 11 is 5.49. The number of hydrogen-bond donors (Lipinski definition) is 2. The molecule has 5 heteroatoms. The van der Waals surface area contributed by atoms with Crippen LogP contribution in [0.15, 0.2) is 12.1 Å². The highest BCUT2D eigenvalue weighted by Crippen LogP contribution is 2.10. The predicted octanol–water partition coefficient (Wildman–Crippen LogP) is 0.925. The zero-order valence-corrected chi connectivity index (χ0v) is 6.75. The number of hydrogen-bond acceptors (Lipinski definition) is 3. The Balaban J connectivity index is 3.15. The van der Waals surface area contributed by atoms with Crippen LogP contribution in [0.3, 0.4) is 0 Å². The third-order valence-electron chi connectivity index (χ3n) is 1.26. The summed E-state index contributed by atoms with van der Waals surface area (Å²) in [6.07, 6.45) is 0. The molecule has 0 saturated carbocycles. The number of carboxylic acid groups (broad SMARTS) is 1. The normalized spacial score (nSPS) is 9.83. The molecule has 1 rings (SSSR count). The largest absolute Gasteiger partial charge is 0.478 e. The minimum absolute atomic E-state index is 0.0269. The van der Waals surface area contributed by atoms with Gasteiger partial charge in [0.05, 0.1) is 17.9 Å². The molecule has 64 valence electrons. The van der Waals surface area contributed by atoms with E-state index in [-0.39, 0.29) is 23.0 Å². The molecule has 0 amide bonds. The smallest absolute Gasteiger partial charge is 0.335 e. The van der Waals surface area contributed by atoms with Crippen LogP contribution in [-0.4, -0.2) is 21.2 Å². The first-order valence-corrected chi connectivity index (χ1v) is 3.52. The maximum Gasteiger partial charge on any atom is 0.335 e. The quantitative estimate of drug-likeness (QED) is 0.676. The molecular weight excluding hydrogens is 182 g/mol. The number of pyridine rings is 1. The molecule has 0 atom stereocenters. The first-order valence-electron chi connectivity index (χ1n) is 3.14. The van der Waals surface area contributed by atoms with Gasteiger partial charge in [-0.2, -0.15) is 0 Å². The number of carbonyl (C=O) groups is 1. The van der Waals surface area contributed by atoms with E-state index in [0.29, 0.717) is 0 Å². The number of aromatic carboxylic acids is 1. The van der Waals surface area contributed by atoms with Crippen LogP contribution >= 0.6 is 11.6 Å². The van der Waals surface area contributed by atoms with Gasteiger partial charge in [0.2, 0.25) is 0 Å². The fraction of sp³-hybridized carbons (Fsp3) is 0.143. The molecule has 0 aliphatic heterocycles. The Morgan fingerprint density at radius 1 is 1.58 bits per heavy atom. The molecule has 12 heavy (non-hydrogen) atoms. The lowest BCUT2D eigenvalue weighted by atomic mass is 10.2. The number of carboxylic acids is 1. The van der Waals surface area contributed by atoms with Crippen molar-refractivity contribution < 1.29 is 15.0 Å². The zero-order valence-electron chi connectivity index (χ0n) is 5.99.